The molecule has 1 N–H and O–H groups in total. The lowest BCUT2D eigenvalue weighted by Crippen LogP contribution is -2.35. The van der Waals surface area contributed by atoms with Crippen molar-refractivity contribution < 1.29 is 4.79 Å². The maximum atomic E-state index is 11.6. The van der Waals surface area contributed by atoms with Crippen LogP contribution >= 0.6 is 27.7 Å². The molecule has 0 unspecified atom stereocenters. The van der Waals surface area contributed by atoms with Gasteiger partial charge >= 0.3 is 0 Å². The second kappa shape index (κ2) is 7.07. The highest BCUT2D eigenvalue weighted by molar-refractivity contribution is 9.09. The van der Waals surface area contributed by atoms with Gasteiger partial charge in [-0.05, 0) is 17.5 Å². The molecule has 0 aromatic heterocycles. The summed E-state index contributed by atoms with van der Waals surface area (Å²) in [6.45, 7) is 4.94. The Labute approximate surface area is 116 Å². The number of carbonyl (C=O) groups is 1. The van der Waals surface area contributed by atoms with Crippen LogP contribution in [0.3, 0.4) is 0 Å². The Balaban J connectivity index is 2.27. The first-order valence-corrected chi connectivity index (χ1v) is 7.65. The Morgan fingerprint density at radius 2 is 2.00 bits per heavy atom. The second-order valence-electron chi connectivity index (χ2n) is 4.68. The minimum atomic E-state index is 0.0906. The third-order valence-electron chi connectivity index (χ3n) is 2.24. The van der Waals surface area contributed by atoms with Crippen molar-refractivity contribution in [2.45, 2.75) is 18.7 Å². The molecule has 0 aliphatic rings. The molecule has 1 amide bonds. The topological polar surface area (TPSA) is 29.1 Å². The Morgan fingerprint density at radius 1 is 1.35 bits per heavy atom. The molecule has 0 bridgehead atoms. The molecule has 0 aliphatic carbocycles. The molecule has 17 heavy (non-hydrogen) atoms. The minimum Gasteiger partial charge on any atom is -0.355 e. The predicted octanol–water partition coefficient (Wildman–Crippen LogP) is 3.32. The van der Waals surface area contributed by atoms with E-state index in [0.717, 1.165) is 10.2 Å². The number of hydrogen-bond acceptors (Lipinski definition) is 2. The molecule has 1 aromatic carbocycles. The van der Waals surface area contributed by atoms with Gasteiger partial charge in [0.25, 0.3) is 0 Å². The summed E-state index contributed by atoms with van der Waals surface area (Å²) in [5, 5.41) is 3.84. The summed E-state index contributed by atoms with van der Waals surface area (Å²) >= 11 is 5.00. The van der Waals surface area contributed by atoms with Crippen molar-refractivity contribution in [2.24, 2.45) is 5.41 Å². The van der Waals surface area contributed by atoms with Crippen molar-refractivity contribution in [3.05, 3.63) is 30.3 Å². The zero-order valence-corrected chi connectivity index (χ0v) is 12.6. The fourth-order valence-electron chi connectivity index (χ4n) is 1.10. The van der Waals surface area contributed by atoms with Crippen molar-refractivity contribution in [1.29, 1.82) is 0 Å². The zero-order valence-electron chi connectivity index (χ0n) is 10.2. The molecule has 4 heteroatoms. The maximum absolute atomic E-state index is 11.6. The number of carbonyl (C=O) groups excluding carboxylic acids is 1. The largest absolute Gasteiger partial charge is 0.355 e. The number of alkyl halides is 1. The SMILES string of the molecule is CC(C)(CBr)CNC(=O)CSc1ccccc1. The van der Waals surface area contributed by atoms with Crippen LogP contribution in [0.5, 0.6) is 0 Å². The van der Waals surface area contributed by atoms with Gasteiger partial charge < -0.3 is 5.32 Å². The Hall–Kier alpha value is -0.480. The number of amides is 1. The molecular formula is C13H18BrNOS. The van der Waals surface area contributed by atoms with Gasteiger partial charge in [0.15, 0.2) is 0 Å². The molecule has 1 rings (SSSR count). The first-order chi connectivity index (χ1) is 8.03. The van der Waals surface area contributed by atoms with Crippen LogP contribution in [0.25, 0.3) is 0 Å². The Morgan fingerprint density at radius 3 is 2.59 bits per heavy atom. The van der Waals surface area contributed by atoms with Gasteiger partial charge in [0.05, 0.1) is 5.75 Å². The molecule has 0 saturated carbocycles. The summed E-state index contributed by atoms with van der Waals surface area (Å²) < 4.78 is 0. The van der Waals surface area contributed by atoms with Crippen molar-refractivity contribution >= 4 is 33.6 Å². The lowest BCUT2D eigenvalue weighted by Gasteiger charge is -2.21. The molecule has 1 aromatic rings. The van der Waals surface area contributed by atoms with Gasteiger partial charge in [-0.25, -0.2) is 0 Å². The first-order valence-electron chi connectivity index (χ1n) is 5.54. The van der Waals surface area contributed by atoms with Gasteiger partial charge in [0.1, 0.15) is 0 Å². The molecule has 94 valence electrons. The van der Waals surface area contributed by atoms with Crippen LogP contribution in [-0.2, 0) is 4.79 Å². The van der Waals surface area contributed by atoms with Crippen LogP contribution in [0.15, 0.2) is 35.2 Å². The van der Waals surface area contributed by atoms with E-state index in [0.29, 0.717) is 12.3 Å². The number of hydrogen-bond donors (Lipinski definition) is 1. The van der Waals surface area contributed by atoms with Crippen LogP contribution in [0.2, 0.25) is 0 Å². The van der Waals surface area contributed by atoms with Crippen LogP contribution in [-0.4, -0.2) is 23.5 Å². The van der Waals surface area contributed by atoms with E-state index in [1.165, 1.54) is 0 Å². The molecule has 0 spiro atoms. The van der Waals surface area contributed by atoms with E-state index in [-0.39, 0.29) is 11.3 Å². The number of thioether (sulfide) groups is 1. The highest BCUT2D eigenvalue weighted by Gasteiger charge is 2.16. The normalized spacial score (nSPS) is 11.2. The van der Waals surface area contributed by atoms with Crippen molar-refractivity contribution in [3.63, 3.8) is 0 Å². The molecule has 0 heterocycles. The summed E-state index contributed by atoms with van der Waals surface area (Å²) in [5.41, 5.74) is 0.104. The highest BCUT2D eigenvalue weighted by Crippen LogP contribution is 2.18. The van der Waals surface area contributed by atoms with Gasteiger partial charge in [0, 0.05) is 16.8 Å². The molecule has 2 nitrogen and oxygen atoms in total. The third-order valence-corrected chi connectivity index (χ3v) is 4.77. The number of halogens is 1. The minimum absolute atomic E-state index is 0.0906. The molecule has 0 atom stereocenters. The predicted molar refractivity (Wildman–Crippen MR) is 77.8 cm³/mol. The second-order valence-corrected chi connectivity index (χ2v) is 6.29. The summed E-state index contributed by atoms with van der Waals surface area (Å²) in [7, 11) is 0. The van der Waals surface area contributed by atoms with E-state index in [2.05, 4.69) is 35.1 Å². The number of benzene rings is 1. The van der Waals surface area contributed by atoms with E-state index in [4.69, 9.17) is 0 Å². The van der Waals surface area contributed by atoms with Gasteiger partial charge in [0.2, 0.25) is 5.91 Å². The lowest BCUT2D eigenvalue weighted by atomic mass is 9.97. The lowest BCUT2D eigenvalue weighted by molar-refractivity contribution is -0.118. The molecule has 0 aliphatic heterocycles. The maximum Gasteiger partial charge on any atom is 0.230 e. The summed E-state index contributed by atoms with van der Waals surface area (Å²) in [6, 6.07) is 9.96. The average Bonchev–Trinajstić information content (AvgIpc) is 2.35. The highest BCUT2D eigenvalue weighted by atomic mass is 79.9. The van der Waals surface area contributed by atoms with E-state index < -0.39 is 0 Å². The van der Waals surface area contributed by atoms with Crippen LogP contribution in [0.4, 0.5) is 0 Å². The number of rotatable bonds is 6. The molecule has 0 fully saturated rings. The Bertz CT molecular complexity index is 354. The van der Waals surface area contributed by atoms with Gasteiger partial charge in [-0.2, -0.15) is 0 Å². The summed E-state index contributed by atoms with van der Waals surface area (Å²) in [6.07, 6.45) is 0. The molecule has 0 radical (unpaired) electrons. The van der Waals surface area contributed by atoms with Crippen molar-refractivity contribution in [3.8, 4) is 0 Å². The molecular weight excluding hydrogens is 298 g/mol. The average molecular weight is 316 g/mol. The third kappa shape index (κ3) is 6.13. The van der Waals surface area contributed by atoms with E-state index >= 15 is 0 Å². The van der Waals surface area contributed by atoms with E-state index in [9.17, 15) is 4.79 Å². The first kappa shape index (κ1) is 14.6. The number of nitrogens with one attached hydrogen (secondary N) is 1. The smallest absolute Gasteiger partial charge is 0.230 e. The van der Waals surface area contributed by atoms with Gasteiger partial charge in [-0.1, -0.05) is 48.0 Å². The van der Waals surface area contributed by atoms with Gasteiger partial charge in [-0.3, -0.25) is 4.79 Å². The Kier molecular flexibility index (Phi) is 6.06. The van der Waals surface area contributed by atoms with E-state index in [1.807, 2.05) is 30.3 Å². The summed E-state index contributed by atoms with van der Waals surface area (Å²) in [5.74, 6) is 0.565. The quantitative estimate of drug-likeness (QED) is 0.644. The summed E-state index contributed by atoms with van der Waals surface area (Å²) in [4.78, 5) is 12.8. The standard InChI is InChI=1S/C13H18BrNOS/c1-13(2,9-14)10-15-12(16)8-17-11-6-4-3-5-7-11/h3-7H,8-10H2,1-2H3,(H,15,16). The van der Waals surface area contributed by atoms with Crippen LogP contribution in [0.1, 0.15) is 13.8 Å². The van der Waals surface area contributed by atoms with E-state index in [1.54, 1.807) is 11.8 Å². The van der Waals surface area contributed by atoms with Gasteiger partial charge in [-0.15, -0.1) is 11.8 Å². The van der Waals surface area contributed by atoms with Crippen molar-refractivity contribution in [2.75, 3.05) is 17.6 Å². The van der Waals surface area contributed by atoms with Crippen LogP contribution < -0.4 is 5.32 Å². The van der Waals surface area contributed by atoms with Crippen molar-refractivity contribution in [1.82, 2.24) is 5.32 Å². The van der Waals surface area contributed by atoms with Crippen LogP contribution in [0, 0.1) is 5.41 Å². The monoisotopic (exact) mass is 315 g/mol. The molecule has 0 saturated heterocycles. The zero-order chi connectivity index (χ0) is 12.7. The fourth-order valence-corrected chi connectivity index (χ4v) is 2.05. The fraction of sp³-hybridized carbons (Fsp3) is 0.462.